The highest BCUT2D eigenvalue weighted by atomic mass is 16.5. The molecule has 4 aromatic rings. The smallest absolute Gasteiger partial charge is 0.349 e. The Morgan fingerprint density at radius 3 is 2.68 bits per heavy atom. The van der Waals surface area contributed by atoms with Gasteiger partial charge in [0.1, 0.15) is 16.9 Å². The van der Waals surface area contributed by atoms with Crippen LogP contribution in [0.4, 0.5) is 0 Å². The van der Waals surface area contributed by atoms with Crippen molar-refractivity contribution in [2.24, 2.45) is 0 Å². The van der Waals surface area contributed by atoms with Crippen molar-refractivity contribution in [3.63, 3.8) is 0 Å². The number of rotatable bonds is 3. The first-order valence-electron chi connectivity index (χ1n) is 7.67. The van der Waals surface area contributed by atoms with Gasteiger partial charge in [-0.15, -0.1) is 0 Å². The molecule has 0 bridgehead atoms. The lowest BCUT2D eigenvalue weighted by Crippen LogP contribution is -2.03. The molecular formula is C19H14N2O4. The van der Waals surface area contributed by atoms with Gasteiger partial charge in [-0.2, -0.15) is 4.98 Å². The van der Waals surface area contributed by atoms with Crippen molar-refractivity contribution in [3.8, 4) is 28.6 Å². The topological polar surface area (TPSA) is 78.4 Å². The molecule has 0 saturated carbocycles. The van der Waals surface area contributed by atoms with Crippen LogP contribution in [0.3, 0.4) is 0 Å². The molecule has 0 atom stereocenters. The highest BCUT2D eigenvalue weighted by Crippen LogP contribution is 2.26. The first-order valence-corrected chi connectivity index (χ1v) is 7.67. The molecule has 6 heteroatoms. The predicted molar refractivity (Wildman–Crippen MR) is 92.5 cm³/mol. The van der Waals surface area contributed by atoms with Gasteiger partial charge in [0.2, 0.25) is 5.82 Å². The number of methoxy groups -OCH3 is 1. The second-order valence-electron chi connectivity index (χ2n) is 5.59. The minimum atomic E-state index is -0.530. The first-order chi connectivity index (χ1) is 12.2. The van der Waals surface area contributed by atoms with Crippen LogP contribution in [-0.2, 0) is 0 Å². The van der Waals surface area contributed by atoms with E-state index in [4.69, 9.17) is 13.7 Å². The second-order valence-corrected chi connectivity index (χ2v) is 5.59. The third-order valence-electron chi connectivity index (χ3n) is 3.98. The van der Waals surface area contributed by atoms with Crippen LogP contribution in [0.1, 0.15) is 5.56 Å². The third kappa shape index (κ3) is 2.67. The Morgan fingerprint density at radius 2 is 1.88 bits per heavy atom. The molecule has 0 N–H and O–H groups in total. The van der Waals surface area contributed by atoms with E-state index in [9.17, 15) is 4.79 Å². The van der Waals surface area contributed by atoms with Crippen LogP contribution in [0.15, 0.2) is 62.3 Å². The molecule has 0 aliphatic heterocycles. The van der Waals surface area contributed by atoms with E-state index >= 15 is 0 Å². The fourth-order valence-electron chi connectivity index (χ4n) is 2.64. The highest BCUT2D eigenvalue weighted by Gasteiger charge is 2.17. The van der Waals surface area contributed by atoms with E-state index in [1.807, 2.05) is 31.2 Å². The number of ether oxygens (including phenoxy) is 1. The maximum atomic E-state index is 12.3. The normalized spacial score (nSPS) is 11.0. The van der Waals surface area contributed by atoms with Crippen LogP contribution in [0.2, 0.25) is 0 Å². The SMILES string of the molecule is COc1ccc2oc(=O)c(-c3nc(-c4ccccc4C)no3)cc2c1. The minimum Gasteiger partial charge on any atom is -0.497 e. The molecule has 0 radical (unpaired) electrons. The fourth-order valence-corrected chi connectivity index (χ4v) is 2.64. The number of hydrogen-bond acceptors (Lipinski definition) is 6. The Morgan fingerprint density at radius 1 is 1.04 bits per heavy atom. The van der Waals surface area contributed by atoms with Gasteiger partial charge >= 0.3 is 5.63 Å². The molecule has 2 aromatic heterocycles. The first kappa shape index (κ1) is 15.1. The van der Waals surface area contributed by atoms with Crippen molar-refractivity contribution < 1.29 is 13.7 Å². The molecule has 0 spiro atoms. The van der Waals surface area contributed by atoms with Crippen molar-refractivity contribution in [1.29, 1.82) is 0 Å². The molecule has 0 aliphatic carbocycles. The van der Waals surface area contributed by atoms with E-state index in [0.717, 1.165) is 11.1 Å². The average Bonchev–Trinajstić information content (AvgIpc) is 3.10. The van der Waals surface area contributed by atoms with Gasteiger partial charge in [0.05, 0.1) is 7.11 Å². The lowest BCUT2D eigenvalue weighted by Gasteiger charge is -2.02. The molecule has 0 saturated heterocycles. The van der Waals surface area contributed by atoms with Crippen LogP contribution in [-0.4, -0.2) is 17.3 Å². The maximum absolute atomic E-state index is 12.3. The molecule has 25 heavy (non-hydrogen) atoms. The molecule has 6 nitrogen and oxygen atoms in total. The highest BCUT2D eigenvalue weighted by molar-refractivity contribution is 5.81. The number of aryl methyl sites for hydroxylation is 1. The Bertz CT molecular complexity index is 1130. The van der Waals surface area contributed by atoms with Gasteiger partial charge in [-0.3, -0.25) is 0 Å². The van der Waals surface area contributed by atoms with E-state index in [0.29, 0.717) is 22.5 Å². The average molecular weight is 334 g/mol. The predicted octanol–water partition coefficient (Wildman–Crippen LogP) is 3.83. The van der Waals surface area contributed by atoms with Crippen LogP contribution in [0, 0.1) is 6.92 Å². The molecular weight excluding hydrogens is 320 g/mol. The Labute approximate surface area is 142 Å². The zero-order chi connectivity index (χ0) is 17.4. The van der Waals surface area contributed by atoms with Crippen molar-refractivity contribution in [3.05, 3.63) is 64.5 Å². The maximum Gasteiger partial charge on any atom is 0.349 e. The monoisotopic (exact) mass is 334 g/mol. The van der Waals surface area contributed by atoms with Gasteiger partial charge in [-0.1, -0.05) is 29.4 Å². The summed E-state index contributed by atoms with van der Waals surface area (Å²) in [5, 5.41) is 4.70. The summed E-state index contributed by atoms with van der Waals surface area (Å²) in [5.41, 5.74) is 2.02. The summed E-state index contributed by atoms with van der Waals surface area (Å²) in [6, 6.07) is 14.6. The van der Waals surface area contributed by atoms with E-state index < -0.39 is 5.63 Å². The van der Waals surface area contributed by atoms with Crippen LogP contribution in [0.25, 0.3) is 33.8 Å². The molecule has 4 rings (SSSR count). The van der Waals surface area contributed by atoms with Crippen molar-refractivity contribution in [2.75, 3.05) is 7.11 Å². The lowest BCUT2D eigenvalue weighted by atomic mass is 10.1. The van der Waals surface area contributed by atoms with Crippen LogP contribution < -0.4 is 10.4 Å². The Balaban J connectivity index is 1.83. The number of hydrogen-bond donors (Lipinski definition) is 0. The number of benzene rings is 2. The zero-order valence-corrected chi connectivity index (χ0v) is 13.6. The van der Waals surface area contributed by atoms with Crippen LogP contribution >= 0.6 is 0 Å². The molecule has 0 fully saturated rings. The van der Waals surface area contributed by atoms with Gasteiger partial charge in [-0.05, 0) is 36.8 Å². The summed E-state index contributed by atoms with van der Waals surface area (Å²) in [5.74, 6) is 1.22. The quantitative estimate of drug-likeness (QED) is 0.530. The van der Waals surface area contributed by atoms with Gasteiger partial charge in [0, 0.05) is 10.9 Å². The summed E-state index contributed by atoms with van der Waals surface area (Å²) in [6.45, 7) is 1.96. The van der Waals surface area contributed by atoms with E-state index in [2.05, 4.69) is 10.1 Å². The van der Waals surface area contributed by atoms with Gasteiger partial charge in [0.25, 0.3) is 5.89 Å². The summed E-state index contributed by atoms with van der Waals surface area (Å²) < 4.78 is 15.8. The van der Waals surface area contributed by atoms with E-state index in [1.54, 1.807) is 31.4 Å². The summed E-state index contributed by atoms with van der Waals surface area (Å²) in [4.78, 5) is 16.6. The lowest BCUT2D eigenvalue weighted by molar-refractivity contribution is 0.415. The van der Waals surface area contributed by atoms with Crippen LogP contribution in [0.5, 0.6) is 5.75 Å². The number of aromatic nitrogens is 2. The largest absolute Gasteiger partial charge is 0.497 e. The third-order valence-corrected chi connectivity index (χ3v) is 3.98. The fraction of sp³-hybridized carbons (Fsp3) is 0.105. The Kier molecular flexibility index (Phi) is 3.57. The number of fused-ring (bicyclic) bond motifs is 1. The summed E-state index contributed by atoms with van der Waals surface area (Å²) in [7, 11) is 1.58. The molecule has 2 aromatic carbocycles. The van der Waals surface area contributed by atoms with Gasteiger partial charge in [0.15, 0.2) is 0 Å². The standard InChI is InChI=1S/C19H14N2O4/c1-11-5-3-4-6-14(11)17-20-18(25-21-17)15-10-12-9-13(23-2)7-8-16(12)24-19(15)22/h3-10H,1-2H3. The van der Waals surface area contributed by atoms with E-state index in [-0.39, 0.29) is 11.5 Å². The Hall–Kier alpha value is -3.41. The van der Waals surface area contributed by atoms with E-state index in [1.165, 1.54) is 0 Å². The second kappa shape index (κ2) is 5.90. The molecule has 0 aliphatic rings. The van der Waals surface area contributed by atoms with Gasteiger partial charge < -0.3 is 13.7 Å². The minimum absolute atomic E-state index is 0.122. The van der Waals surface area contributed by atoms with Crippen molar-refractivity contribution in [1.82, 2.24) is 10.1 Å². The molecule has 124 valence electrons. The molecule has 2 heterocycles. The molecule has 0 unspecified atom stereocenters. The van der Waals surface area contributed by atoms with Crippen molar-refractivity contribution >= 4 is 11.0 Å². The summed E-state index contributed by atoms with van der Waals surface area (Å²) >= 11 is 0. The number of nitrogens with zero attached hydrogens (tertiary/aromatic N) is 2. The summed E-state index contributed by atoms with van der Waals surface area (Å²) in [6.07, 6.45) is 0. The van der Waals surface area contributed by atoms with Crippen molar-refractivity contribution in [2.45, 2.75) is 6.92 Å². The van der Waals surface area contributed by atoms with Gasteiger partial charge in [-0.25, -0.2) is 4.79 Å². The molecule has 0 amide bonds. The zero-order valence-electron chi connectivity index (χ0n) is 13.6.